The van der Waals surface area contributed by atoms with Crippen LogP contribution in [0.1, 0.15) is 5.56 Å². The molecule has 1 aromatic carbocycles. The molecule has 0 aromatic heterocycles. The monoisotopic (exact) mass is 128 g/mol. The largest absolute Gasteiger partial charge is 1.00 e. The second-order valence-corrected chi connectivity index (χ2v) is 1.67. The molecule has 44 valence electrons. The van der Waals surface area contributed by atoms with E-state index >= 15 is 0 Å². The van der Waals surface area contributed by atoms with Gasteiger partial charge < -0.3 is 12.1 Å². The summed E-state index contributed by atoms with van der Waals surface area (Å²) in [5.74, 6) is 2.52. The Hall–Kier alpha value is -0.0252. The van der Waals surface area contributed by atoms with Crippen molar-refractivity contribution < 1.29 is 37.7 Å². The fourth-order valence-electron chi connectivity index (χ4n) is 0.591. The van der Waals surface area contributed by atoms with Crippen molar-refractivity contribution in [3.8, 4) is 12.3 Å². The van der Waals surface area contributed by atoms with E-state index < -0.39 is 0 Å². The first-order valence-corrected chi connectivity index (χ1v) is 2.74. The topological polar surface area (TPSA) is 0 Å². The second-order valence-electron chi connectivity index (χ2n) is 1.67. The molecule has 0 bridgehead atoms. The Kier molecular flexibility index (Phi) is 9.95. The van der Waals surface area contributed by atoms with Gasteiger partial charge in [0.15, 0.2) is 0 Å². The van der Waals surface area contributed by atoms with Gasteiger partial charge in [-0.25, -0.2) is 0 Å². The standard InChI is InChI=1S/C9H6.2Li/c1-2-6-9-7-4-3-5-8-9;;/h1,3-5H,6H2;;/q-2;2*+1. The summed E-state index contributed by atoms with van der Waals surface area (Å²) < 4.78 is 0. The van der Waals surface area contributed by atoms with E-state index in [0.29, 0.717) is 6.42 Å². The van der Waals surface area contributed by atoms with Crippen molar-refractivity contribution in [3.63, 3.8) is 0 Å². The van der Waals surface area contributed by atoms with Crippen molar-refractivity contribution in [1.29, 1.82) is 0 Å². The molecule has 0 atom stereocenters. The van der Waals surface area contributed by atoms with Crippen LogP contribution in [-0.2, 0) is 6.42 Å². The van der Waals surface area contributed by atoms with Gasteiger partial charge in [0.2, 0.25) is 0 Å². The van der Waals surface area contributed by atoms with E-state index in [1.165, 1.54) is 0 Å². The smallest absolute Gasteiger partial charge is 0.355 e. The van der Waals surface area contributed by atoms with Crippen LogP contribution in [0.15, 0.2) is 18.2 Å². The fourth-order valence-corrected chi connectivity index (χ4v) is 0.591. The molecule has 0 radical (unpaired) electrons. The van der Waals surface area contributed by atoms with E-state index in [1.54, 1.807) is 0 Å². The average Bonchev–Trinajstić information content (AvgIpc) is 1.91. The molecule has 0 aliphatic heterocycles. The maximum atomic E-state index is 5.07. The molecule has 0 aliphatic carbocycles. The van der Waals surface area contributed by atoms with Gasteiger partial charge in [-0.3, -0.25) is 23.8 Å². The Morgan fingerprint density at radius 2 is 1.82 bits per heavy atom. The maximum absolute atomic E-state index is 5.07. The predicted octanol–water partition coefficient (Wildman–Crippen LogP) is -4.53. The van der Waals surface area contributed by atoms with Crippen molar-refractivity contribution in [2.24, 2.45) is 0 Å². The molecule has 0 fully saturated rings. The molecular weight excluding hydrogens is 122 g/mol. The van der Waals surface area contributed by atoms with Crippen molar-refractivity contribution in [3.05, 3.63) is 35.9 Å². The number of hydrogen-bond donors (Lipinski definition) is 0. The SMILES string of the molecule is C#CCc1[c-]ccc[c-]1.[Li+].[Li+]. The van der Waals surface area contributed by atoms with Crippen LogP contribution in [-0.4, -0.2) is 0 Å². The van der Waals surface area contributed by atoms with Crippen LogP contribution in [0.25, 0.3) is 0 Å². The van der Waals surface area contributed by atoms with Gasteiger partial charge >= 0.3 is 37.7 Å². The average molecular weight is 128 g/mol. The first kappa shape index (κ1) is 13.6. The fraction of sp³-hybridized carbons (Fsp3) is 0.111. The Morgan fingerprint density at radius 1 is 1.27 bits per heavy atom. The number of benzene rings is 1. The zero-order valence-electron chi connectivity index (χ0n) is 7.02. The number of rotatable bonds is 1. The van der Waals surface area contributed by atoms with Crippen LogP contribution < -0.4 is 37.7 Å². The van der Waals surface area contributed by atoms with E-state index in [2.05, 4.69) is 18.1 Å². The second kappa shape index (κ2) is 8.08. The van der Waals surface area contributed by atoms with Crippen molar-refractivity contribution in [2.75, 3.05) is 0 Å². The molecule has 0 saturated heterocycles. The molecule has 0 saturated carbocycles. The summed E-state index contributed by atoms with van der Waals surface area (Å²) in [5, 5.41) is 0. The third-order valence-electron chi connectivity index (χ3n) is 0.986. The summed E-state index contributed by atoms with van der Waals surface area (Å²) in [6.07, 6.45) is 5.70. The molecular formula is C9H6Li2. The summed E-state index contributed by atoms with van der Waals surface area (Å²) in [7, 11) is 0. The maximum Gasteiger partial charge on any atom is 1.00 e. The van der Waals surface area contributed by atoms with Gasteiger partial charge in [0.05, 0.1) is 0 Å². The molecule has 11 heavy (non-hydrogen) atoms. The molecule has 0 unspecified atom stereocenters. The summed E-state index contributed by atoms with van der Waals surface area (Å²) in [4.78, 5) is 0. The van der Waals surface area contributed by atoms with Gasteiger partial charge in [-0.2, -0.15) is 0 Å². The number of hydrogen-bond acceptors (Lipinski definition) is 0. The predicted molar refractivity (Wildman–Crippen MR) is 36.7 cm³/mol. The molecule has 1 aromatic rings. The summed E-state index contributed by atoms with van der Waals surface area (Å²) in [6, 6.07) is 11.5. The van der Waals surface area contributed by atoms with Gasteiger partial charge in [0.25, 0.3) is 0 Å². The molecule has 0 heterocycles. The Morgan fingerprint density at radius 3 is 2.27 bits per heavy atom. The molecule has 0 nitrogen and oxygen atoms in total. The van der Waals surface area contributed by atoms with Gasteiger partial charge in [-0.1, -0.05) is 0 Å². The summed E-state index contributed by atoms with van der Waals surface area (Å²) >= 11 is 0. The Bertz CT molecular complexity index is 211. The first-order chi connectivity index (χ1) is 4.43. The van der Waals surface area contributed by atoms with Crippen molar-refractivity contribution >= 4 is 0 Å². The zero-order chi connectivity index (χ0) is 6.53. The van der Waals surface area contributed by atoms with Crippen LogP contribution in [0, 0.1) is 24.5 Å². The number of terminal acetylenes is 1. The van der Waals surface area contributed by atoms with Crippen LogP contribution >= 0.6 is 0 Å². The summed E-state index contributed by atoms with van der Waals surface area (Å²) in [5.41, 5.74) is 0.958. The van der Waals surface area contributed by atoms with Gasteiger partial charge in [-0.05, 0) is 6.42 Å². The Balaban J connectivity index is 0. The van der Waals surface area contributed by atoms with Crippen LogP contribution in [0.2, 0.25) is 0 Å². The van der Waals surface area contributed by atoms with E-state index in [-0.39, 0.29) is 37.7 Å². The third-order valence-corrected chi connectivity index (χ3v) is 0.986. The van der Waals surface area contributed by atoms with Crippen molar-refractivity contribution in [2.45, 2.75) is 6.42 Å². The van der Waals surface area contributed by atoms with E-state index in [4.69, 9.17) is 6.42 Å². The van der Waals surface area contributed by atoms with Crippen molar-refractivity contribution in [1.82, 2.24) is 0 Å². The zero-order valence-corrected chi connectivity index (χ0v) is 7.02. The molecule has 0 aliphatic rings. The van der Waals surface area contributed by atoms with Crippen LogP contribution in [0.5, 0.6) is 0 Å². The molecule has 0 amide bonds. The molecule has 2 heteroatoms. The van der Waals surface area contributed by atoms with E-state index in [1.807, 2.05) is 18.2 Å². The normalized spacial score (nSPS) is 6.82. The van der Waals surface area contributed by atoms with Gasteiger partial charge in [-0.15, -0.1) is 12.3 Å². The van der Waals surface area contributed by atoms with E-state index in [0.717, 1.165) is 5.56 Å². The quantitative estimate of drug-likeness (QED) is 0.203. The minimum Gasteiger partial charge on any atom is -0.355 e. The molecule has 0 N–H and O–H groups in total. The van der Waals surface area contributed by atoms with Gasteiger partial charge in [0.1, 0.15) is 0 Å². The van der Waals surface area contributed by atoms with E-state index in [9.17, 15) is 0 Å². The van der Waals surface area contributed by atoms with Crippen LogP contribution in [0.3, 0.4) is 0 Å². The minimum absolute atomic E-state index is 0. The Labute approximate surface area is 92.1 Å². The molecule has 1 rings (SSSR count). The van der Waals surface area contributed by atoms with Crippen LogP contribution in [0.4, 0.5) is 0 Å². The third kappa shape index (κ3) is 5.27. The summed E-state index contributed by atoms with van der Waals surface area (Å²) in [6.45, 7) is 0. The first-order valence-electron chi connectivity index (χ1n) is 2.74. The van der Waals surface area contributed by atoms with Gasteiger partial charge in [0, 0.05) is 0 Å². The molecule has 0 spiro atoms. The minimum atomic E-state index is 0.